The zero-order valence-electron chi connectivity index (χ0n) is 18.0. The second-order valence-corrected chi connectivity index (χ2v) is 8.15. The third-order valence-electron chi connectivity index (χ3n) is 6.01. The highest BCUT2D eigenvalue weighted by Crippen LogP contribution is 2.35. The number of nitrogens with zero attached hydrogens (tertiary/aromatic N) is 4. The summed E-state index contributed by atoms with van der Waals surface area (Å²) in [5.41, 5.74) is 9.75. The lowest BCUT2D eigenvalue weighted by Crippen LogP contribution is -2.23. The molecule has 170 valence electrons. The number of hydrogen-bond donors (Lipinski definition) is 3. The first-order chi connectivity index (χ1) is 15.7. The van der Waals surface area contributed by atoms with E-state index in [1.807, 2.05) is 36.0 Å². The van der Waals surface area contributed by atoms with Crippen LogP contribution in [0.15, 0.2) is 42.6 Å². The Hall–Kier alpha value is -3.50. The van der Waals surface area contributed by atoms with E-state index in [4.69, 9.17) is 5.73 Å². The van der Waals surface area contributed by atoms with Gasteiger partial charge in [-0.1, -0.05) is 18.2 Å². The van der Waals surface area contributed by atoms with Crippen molar-refractivity contribution in [2.45, 2.75) is 39.3 Å². The number of fused-ring (bicyclic) bond motifs is 2. The van der Waals surface area contributed by atoms with Crippen LogP contribution < -0.4 is 16.4 Å². The first-order valence-electron chi connectivity index (χ1n) is 10.5. The second kappa shape index (κ2) is 7.82. The van der Waals surface area contributed by atoms with Gasteiger partial charge in [0.05, 0.1) is 22.6 Å². The average Bonchev–Trinajstić information content (AvgIpc) is 3.37. The van der Waals surface area contributed by atoms with Gasteiger partial charge in [0.25, 0.3) is 0 Å². The third kappa shape index (κ3) is 3.81. The number of anilines is 1. The lowest BCUT2D eigenvalue weighted by molar-refractivity contribution is -0.138. The Bertz CT molecular complexity index is 1340. The minimum Gasteiger partial charge on any atom is -0.349 e. The summed E-state index contributed by atoms with van der Waals surface area (Å²) >= 11 is 0. The van der Waals surface area contributed by atoms with E-state index in [0.717, 1.165) is 52.6 Å². The van der Waals surface area contributed by atoms with E-state index in [2.05, 4.69) is 25.9 Å². The van der Waals surface area contributed by atoms with Gasteiger partial charge < -0.3 is 16.4 Å². The number of halogens is 3. The fourth-order valence-electron chi connectivity index (χ4n) is 4.24. The highest BCUT2D eigenvalue weighted by atomic mass is 19.4. The van der Waals surface area contributed by atoms with Crippen molar-refractivity contribution in [2.24, 2.45) is 5.73 Å². The predicted molar refractivity (Wildman–Crippen MR) is 119 cm³/mol. The van der Waals surface area contributed by atoms with Crippen molar-refractivity contribution in [3.05, 3.63) is 76.2 Å². The van der Waals surface area contributed by atoms with Crippen LogP contribution >= 0.6 is 0 Å². The maximum atomic E-state index is 13.3. The molecule has 0 amide bonds. The number of alkyl halides is 3. The number of nitrogens with two attached hydrogens (primary N) is 1. The summed E-state index contributed by atoms with van der Waals surface area (Å²) in [5, 5.41) is 21.0. The van der Waals surface area contributed by atoms with Gasteiger partial charge in [0.1, 0.15) is 6.17 Å². The topological polar surface area (TPSA) is 93.7 Å². The van der Waals surface area contributed by atoms with Gasteiger partial charge in [0.15, 0.2) is 5.82 Å². The van der Waals surface area contributed by atoms with E-state index in [-0.39, 0.29) is 5.56 Å². The zero-order valence-corrected chi connectivity index (χ0v) is 18.0. The van der Waals surface area contributed by atoms with E-state index in [9.17, 15) is 13.2 Å². The predicted octanol–water partition coefficient (Wildman–Crippen LogP) is 4.12. The molecule has 2 aromatic heterocycles. The standard InChI is InChI=1S/C23H22F3N7/c1-12-16(4-3-5-19(12)23(24,25)26)21(27)29-22-18-8-15(6-7-17(18)13(2)30-31-22)33-11-14-9-28-10-20(14)32-33/h3-8,11,21,28H,9-10,27H2,1-2H3,(H,29,31)/t21-/m0/s1. The molecule has 7 nitrogen and oxygen atoms in total. The van der Waals surface area contributed by atoms with Crippen LogP contribution in [0.25, 0.3) is 16.5 Å². The van der Waals surface area contributed by atoms with Crippen molar-refractivity contribution < 1.29 is 13.2 Å². The van der Waals surface area contributed by atoms with Crippen LogP contribution in [-0.4, -0.2) is 20.0 Å². The number of benzene rings is 2. The van der Waals surface area contributed by atoms with Gasteiger partial charge in [0, 0.05) is 35.6 Å². The molecule has 0 bridgehead atoms. The average molecular weight is 453 g/mol. The summed E-state index contributed by atoms with van der Waals surface area (Å²) in [6.45, 7) is 4.79. The summed E-state index contributed by atoms with van der Waals surface area (Å²) in [6, 6.07) is 9.81. The molecule has 0 saturated carbocycles. The number of hydrogen-bond acceptors (Lipinski definition) is 6. The van der Waals surface area contributed by atoms with Gasteiger partial charge in [-0.3, -0.25) is 0 Å². The molecule has 0 spiro atoms. The molecule has 1 atom stereocenters. The van der Waals surface area contributed by atoms with E-state index in [1.54, 1.807) is 6.07 Å². The molecule has 1 aliphatic rings. The van der Waals surface area contributed by atoms with Crippen LogP contribution in [0.3, 0.4) is 0 Å². The first-order valence-corrected chi connectivity index (χ1v) is 10.5. The van der Waals surface area contributed by atoms with Crippen molar-refractivity contribution in [3.63, 3.8) is 0 Å². The van der Waals surface area contributed by atoms with Crippen molar-refractivity contribution in [3.8, 4) is 5.69 Å². The van der Waals surface area contributed by atoms with Gasteiger partial charge in [-0.05, 0) is 43.2 Å². The lowest BCUT2D eigenvalue weighted by atomic mass is 10.00. The van der Waals surface area contributed by atoms with E-state index < -0.39 is 17.9 Å². The Morgan fingerprint density at radius 3 is 2.67 bits per heavy atom. The van der Waals surface area contributed by atoms with E-state index in [0.29, 0.717) is 11.4 Å². The third-order valence-corrected chi connectivity index (χ3v) is 6.01. The van der Waals surface area contributed by atoms with Crippen molar-refractivity contribution in [2.75, 3.05) is 5.32 Å². The highest BCUT2D eigenvalue weighted by Gasteiger charge is 2.33. The van der Waals surface area contributed by atoms with Crippen LogP contribution in [0.2, 0.25) is 0 Å². The van der Waals surface area contributed by atoms with E-state index in [1.165, 1.54) is 13.0 Å². The number of rotatable bonds is 4. The van der Waals surface area contributed by atoms with Gasteiger partial charge in [-0.25, -0.2) is 4.68 Å². The first kappa shape index (κ1) is 21.4. The Balaban J connectivity index is 1.53. The fourth-order valence-corrected chi connectivity index (χ4v) is 4.24. The smallest absolute Gasteiger partial charge is 0.349 e. The summed E-state index contributed by atoms with van der Waals surface area (Å²) in [4.78, 5) is 0. The molecule has 3 heterocycles. The van der Waals surface area contributed by atoms with Gasteiger partial charge in [-0.15, -0.1) is 5.10 Å². The summed E-state index contributed by atoms with van der Waals surface area (Å²) in [5.74, 6) is 0.392. The van der Waals surface area contributed by atoms with Crippen LogP contribution in [0.5, 0.6) is 0 Å². The van der Waals surface area contributed by atoms with Gasteiger partial charge >= 0.3 is 6.18 Å². The number of aryl methyl sites for hydroxylation is 1. The fraction of sp³-hybridized carbons (Fsp3) is 0.261. The van der Waals surface area contributed by atoms with Crippen LogP contribution in [0, 0.1) is 13.8 Å². The molecule has 33 heavy (non-hydrogen) atoms. The number of aromatic nitrogens is 4. The SMILES string of the molecule is Cc1c([C@@H](N)Nc2nnc(C)c3ccc(-n4cc5c(n4)CNC5)cc23)cccc1C(F)(F)F. The number of nitrogens with one attached hydrogen (secondary N) is 2. The Morgan fingerprint density at radius 1 is 1.09 bits per heavy atom. The molecular formula is C23H22F3N7. The minimum atomic E-state index is -4.45. The summed E-state index contributed by atoms with van der Waals surface area (Å²) < 4.78 is 41.8. The normalized spacial score (nSPS) is 14.5. The Morgan fingerprint density at radius 2 is 1.91 bits per heavy atom. The van der Waals surface area contributed by atoms with Gasteiger partial charge in [0.2, 0.25) is 0 Å². The van der Waals surface area contributed by atoms with Crippen molar-refractivity contribution in [1.82, 2.24) is 25.3 Å². The maximum Gasteiger partial charge on any atom is 0.416 e. The molecule has 0 aliphatic carbocycles. The van der Waals surface area contributed by atoms with Crippen molar-refractivity contribution in [1.29, 1.82) is 0 Å². The summed E-state index contributed by atoms with van der Waals surface area (Å²) in [7, 11) is 0. The molecular weight excluding hydrogens is 431 g/mol. The quantitative estimate of drug-likeness (QED) is 0.403. The molecule has 1 aliphatic heterocycles. The van der Waals surface area contributed by atoms with Crippen LogP contribution in [0.4, 0.5) is 19.0 Å². The molecule has 4 N–H and O–H groups in total. The van der Waals surface area contributed by atoms with E-state index >= 15 is 0 Å². The molecule has 2 aromatic carbocycles. The highest BCUT2D eigenvalue weighted by molar-refractivity contribution is 5.94. The Kier molecular flexibility index (Phi) is 5.06. The van der Waals surface area contributed by atoms with Gasteiger partial charge in [-0.2, -0.15) is 23.4 Å². The molecule has 0 radical (unpaired) electrons. The zero-order chi connectivity index (χ0) is 23.3. The van der Waals surface area contributed by atoms with Crippen LogP contribution in [-0.2, 0) is 19.3 Å². The monoisotopic (exact) mass is 453 g/mol. The Labute approximate surface area is 187 Å². The molecule has 0 unspecified atom stereocenters. The summed E-state index contributed by atoms with van der Waals surface area (Å²) in [6.07, 6.45) is -3.37. The second-order valence-electron chi connectivity index (χ2n) is 8.15. The van der Waals surface area contributed by atoms with Crippen LogP contribution in [0.1, 0.15) is 39.8 Å². The maximum absolute atomic E-state index is 13.3. The largest absolute Gasteiger partial charge is 0.416 e. The molecule has 5 rings (SSSR count). The molecule has 0 fully saturated rings. The minimum absolute atomic E-state index is 0.0785. The lowest BCUT2D eigenvalue weighted by Gasteiger charge is -2.21. The molecule has 0 saturated heterocycles. The molecule has 4 aromatic rings. The van der Waals surface area contributed by atoms with Crippen molar-refractivity contribution >= 4 is 16.6 Å². The molecule has 10 heteroatoms.